The molecule has 0 aromatic heterocycles. The number of hydroxylamine groups is 2. The van der Waals surface area contributed by atoms with Gasteiger partial charge in [0.15, 0.2) is 0 Å². The van der Waals surface area contributed by atoms with Crippen LogP contribution in [0.5, 0.6) is 0 Å². The summed E-state index contributed by atoms with van der Waals surface area (Å²) in [6.45, 7) is 3.42. The maximum absolute atomic E-state index is 12.0. The van der Waals surface area contributed by atoms with Crippen molar-refractivity contribution in [1.29, 1.82) is 0 Å². The van der Waals surface area contributed by atoms with Gasteiger partial charge in [0.25, 0.3) is 0 Å². The lowest BCUT2D eigenvalue weighted by Gasteiger charge is -2.27. The SMILES string of the molecule is CC(CC(=O)N1CCCCO1)c1ccc(N)cc1. The van der Waals surface area contributed by atoms with Crippen LogP contribution in [0.4, 0.5) is 5.69 Å². The Labute approximate surface area is 108 Å². The molecule has 0 aliphatic carbocycles. The minimum absolute atomic E-state index is 0.0685. The molecule has 0 radical (unpaired) electrons. The van der Waals surface area contributed by atoms with E-state index in [1.807, 2.05) is 31.2 Å². The molecule has 1 unspecified atom stereocenters. The lowest BCUT2D eigenvalue weighted by molar-refractivity contribution is -0.197. The number of nitrogens with zero attached hydrogens (tertiary/aromatic N) is 1. The van der Waals surface area contributed by atoms with E-state index < -0.39 is 0 Å². The van der Waals surface area contributed by atoms with Gasteiger partial charge in [-0.25, -0.2) is 5.06 Å². The molecule has 1 heterocycles. The highest BCUT2D eigenvalue weighted by Crippen LogP contribution is 2.21. The van der Waals surface area contributed by atoms with Gasteiger partial charge in [-0.1, -0.05) is 19.1 Å². The second-order valence-corrected chi connectivity index (χ2v) is 4.81. The molecule has 98 valence electrons. The molecule has 4 heteroatoms. The molecule has 18 heavy (non-hydrogen) atoms. The first kappa shape index (κ1) is 12.9. The van der Waals surface area contributed by atoms with E-state index in [2.05, 4.69) is 0 Å². The van der Waals surface area contributed by atoms with Crippen LogP contribution >= 0.6 is 0 Å². The monoisotopic (exact) mass is 248 g/mol. The van der Waals surface area contributed by atoms with Crippen molar-refractivity contribution >= 4 is 11.6 Å². The third-order valence-corrected chi connectivity index (χ3v) is 3.27. The molecule has 0 bridgehead atoms. The highest BCUT2D eigenvalue weighted by Gasteiger charge is 2.20. The third-order valence-electron chi connectivity index (χ3n) is 3.27. The van der Waals surface area contributed by atoms with Crippen molar-refractivity contribution in [3.05, 3.63) is 29.8 Å². The molecular weight excluding hydrogens is 228 g/mol. The molecule has 1 amide bonds. The number of carbonyl (C=O) groups excluding carboxylic acids is 1. The van der Waals surface area contributed by atoms with Gasteiger partial charge in [0, 0.05) is 18.7 Å². The molecule has 0 spiro atoms. The molecule has 2 rings (SSSR count). The maximum Gasteiger partial charge on any atom is 0.246 e. The van der Waals surface area contributed by atoms with Gasteiger partial charge in [0.05, 0.1) is 6.61 Å². The van der Waals surface area contributed by atoms with Crippen LogP contribution in [0.2, 0.25) is 0 Å². The van der Waals surface area contributed by atoms with Crippen LogP contribution < -0.4 is 5.73 Å². The largest absolute Gasteiger partial charge is 0.399 e. The average molecular weight is 248 g/mol. The lowest BCUT2D eigenvalue weighted by Crippen LogP contribution is -2.36. The Bertz CT molecular complexity index is 397. The van der Waals surface area contributed by atoms with Gasteiger partial charge in [-0.05, 0) is 36.5 Å². The summed E-state index contributed by atoms with van der Waals surface area (Å²) in [7, 11) is 0. The molecule has 1 aliphatic heterocycles. The van der Waals surface area contributed by atoms with Crippen LogP contribution in [0.25, 0.3) is 0 Å². The van der Waals surface area contributed by atoms with Crippen LogP contribution in [0.15, 0.2) is 24.3 Å². The summed E-state index contributed by atoms with van der Waals surface area (Å²) in [6.07, 6.45) is 2.54. The standard InChI is InChI=1S/C14H20N2O2/c1-11(12-4-6-13(15)7-5-12)10-14(17)16-8-2-3-9-18-16/h4-7,11H,2-3,8-10,15H2,1H3. The summed E-state index contributed by atoms with van der Waals surface area (Å²) in [5.41, 5.74) is 7.53. The van der Waals surface area contributed by atoms with E-state index in [9.17, 15) is 4.79 Å². The number of hydrogen-bond donors (Lipinski definition) is 1. The van der Waals surface area contributed by atoms with Gasteiger partial charge in [-0.3, -0.25) is 9.63 Å². The summed E-state index contributed by atoms with van der Waals surface area (Å²) < 4.78 is 0. The number of anilines is 1. The minimum Gasteiger partial charge on any atom is -0.399 e. The normalized spacial score (nSPS) is 17.5. The molecule has 4 nitrogen and oxygen atoms in total. The molecule has 1 fully saturated rings. The van der Waals surface area contributed by atoms with Crippen molar-refractivity contribution in [3.8, 4) is 0 Å². The number of carbonyl (C=O) groups is 1. The van der Waals surface area contributed by atoms with Crippen LogP contribution in [-0.4, -0.2) is 24.1 Å². The Morgan fingerprint density at radius 2 is 2.11 bits per heavy atom. The Kier molecular flexibility index (Phi) is 4.20. The molecule has 1 aliphatic rings. The van der Waals surface area contributed by atoms with Crippen LogP contribution in [-0.2, 0) is 9.63 Å². The third kappa shape index (κ3) is 3.23. The van der Waals surface area contributed by atoms with E-state index in [0.717, 1.165) is 24.1 Å². The molecule has 1 atom stereocenters. The highest BCUT2D eigenvalue weighted by molar-refractivity contribution is 5.76. The Hall–Kier alpha value is -1.55. The van der Waals surface area contributed by atoms with E-state index >= 15 is 0 Å². The first-order chi connectivity index (χ1) is 8.66. The smallest absolute Gasteiger partial charge is 0.246 e. The molecule has 1 saturated heterocycles. The Morgan fingerprint density at radius 3 is 2.72 bits per heavy atom. The first-order valence-corrected chi connectivity index (χ1v) is 6.45. The fourth-order valence-electron chi connectivity index (χ4n) is 2.10. The van der Waals surface area contributed by atoms with E-state index in [1.165, 1.54) is 5.06 Å². The number of nitrogens with two attached hydrogens (primary N) is 1. The fourth-order valence-corrected chi connectivity index (χ4v) is 2.10. The predicted molar refractivity (Wildman–Crippen MR) is 70.8 cm³/mol. The van der Waals surface area contributed by atoms with Crippen LogP contribution in [0.3, 0.4) is 0 Å². The van der Waals surface area contributed by atoms with Crippen molar-refractivity contribution in [2.24, 2.45) is 0 Å². The van der Waals surface area contributed by atoms with Crippen molar-refractivity contribution < 1.29 is 9.63 Å². The van der Waals surface area contributed by atoms with Crippen molar-refractivity contribution in [1.82, 2.24) is 5.06 Å². The van der Waals surface area contributed by atoms with E-state index in [1.54, 1.807) is 0 Å². The number of hydrogen-bond acceptors (Lipinski definition) is 3. The molecule has 1 aromatic carbocycles. The van der Waals surface area contributed by atoms with Crippen LogP contribution in [0, 0.1) is 0 Å². The van der Waals surface area contributed by atoms with Gasteiger partial charge in [0.2, 0.25) is 5.91 Å². The fraction of sp³-hybridized carbons (Fsp3) is 0.500. The van der Waals surface area contributed by atoms with Gasteiger partial charge in [0.1, 0.15) is 0 Å². The first-order valence-electron chi connectivity index (χ1n) is 6.45. The average Bonchev–Trinajstić information content (AvgIpc) is 2.40. The molecule has 2 N–H and O–H groups in total. The number of nitrogen functional groups attached to an aromatic ring is 1. The van der Waals surface area contributed by atoms with Gasteiger partial charge < -0.3 is 5.73 Å². The summed E-state index contributed by atoms with van der Waals surface area (Å²) in [6, 6.07) is 7.69. The predicted octanol–water partition coefficient (Wildman–Crippen LogP) is 2.32. The highest BCUT2D eigenvalue weighted by atomic mass is 16.7. The molecular formula is C14H20N2O2. The van der Waals surface area contributed by atoms with Gasteiger partial charge >= 0.3 is 0 Å². The molecule has 0 saturated carbocycles. The molecule has 1 aromatic rings. The Balaban J connectivity index is 1.91. The van der Waals surface area contributed by atoms with Gasteiger partial charge in [-0.15, -0.1) is 0 Å². The van der Waals surface area contributed by atoms with Crippen LogP contribution in [0.1, 0.15) is 37.7 Å². The lowest BCUT2D eigenvalue weighted by atomic mass is 9.97. The summed E-state index contributed by atoms with van der Waals surface area (Å²) in [5.74, 6) is 0.252. The minimum atomic E-state index is 0.0685. The zero-order valence-corrected chi connectivity index (χ0v) is 10.8. The summed E-state index contributed by atoms with van der Waals surface area (Å²) in [5, 5.41) is 1.51. The van der Waals surface area contributed by atoms with E-state index in [4.69, 9.17) is 10.6 Å². The van der Waals surface area contributed by atoms with E-state index in [0.29, 0.717) is 19.6 Å². The zero-order valence-electron chi connectivity index (χ0n) is 10.8. The Morgan fingerprint density at radius 1 is 1.39 bits per heavy atom. The topological polar surface area (TPSA) is 55.6 Å². The summed E-state index contributed by atoms with van der Waals surface area (Å²) >= 11 is 0. The van der Waals surface area contributed by atoms with Crippen molar-refractivity contribution in [3.63, 3.8) is 0 Å². The maximum atomic E-state index is 12.0. The van der Waals surface area contributed by atoms with Crippen molar-refractivity contribution in [2.45, 2.75) is 32.1 Å². The quantitative estimate of drug-likeness (QED) is 0.835. The zero-order chi connectivity index (χ0) is 13.0. The second-order valence-electron chi connectivity index (χ2n) is 4.81. The number of amides is 1. The number of benzene rings is 1. The van der Waals surface area contributed by atoms with Gasteiger partial charge in [-0.2, -0.15) is 0 Å². The van der Waals surface area contributed by atoms with Crippen molar-refractivity contribution in [2.75, 3.05) is 18.9 Å². The number of rotatable bonds is 3. The van der Waals surface area contributed by atoms with E-state index in [-0.39, 0.29) is 11.8 Å². The summed E-state index contributed by atoms with van der Waals surface area (Å²) in [4.78, 5) is 17.4. The second kappa shape index (κ2) is 5.87.